The standard InChI is InChI=1S/C12H15N3O2/c16-11-1-3-13-6-9(11)12(17)15-4-2-8-5-14-7-10(8)15/h1,3,6,8,10,14H,2,4-5,7H2,(H,13,16)/t8-,10+/m0/s1. The van der Waals surface area contributed by atoms with E-state index in [9.17, 15) is 9.59 Å². The molecule has 2 fully saturated rings. The first-order chi connectivity index (χ1) is 8.27. The summed E-state index contributed by atoms with van der Waals surface area (Å²) >= 11 is 0. The number of H-pyrrole nitrogens is 1. The molecule has 2 aliphatic heterocycles. The third-order valence-corrected chi connectivity index (χ3v) is 3.76. The number of amides is 1. The van der Waals surface area contributed by atoms with Gasteiger partial charge in [-0.3, -0.25) is 9.59 Å². The molecule has 0 spiro atoms. The molecule has 0 bridgehead atoms. The summed E-state index contributed by atoms with van der Waals surface area (Å²) in [5, 5.41) is 3.30. The molecule has 5 nitrogen and oxygen atoms in total. The lowest BCUT2D eigenvalue weighted by Crippen LogP contribution is -2.40. The highest BCUT2D eigenvalue weighted by Gasteiger charge is 2.40. The number of rotatable bonds is 1. The van der Waals surface area contributed by atoms with Gasteiger partial charge in [0.1, 0.15) is 5.56 Å². The van der Waals surface area contributed by atoms with Gasteiger partial charge < -0.3 is 15.2 Å². The van der Waals surface area contributed by atoms with E-state index < -0.39 is 0 Å². The molecule has 5 heteroatoms. The maximum Gasteiger partial charge on any atom is 0.259 e. The second-order valence-electron chi connectivity index (χ2n) is 4.70. The summed E-state index contributed by atoms with van der Waals surface area (Å²) in [4.78, 5) is 28.6. The number of fused-ring (bicyclic) bond motifs is 1. The minimum Gasteiger partial charge on any atom is -0.367 e. The average molecular weight is 233 g/mol. The Kier molecular flexibility index (Phi) is 2.48. The first kappa shape index (κ1) is 10.5. The van der Waals surface area contributed by atoms with E-state index in [1.807, 2.05) is 4.90 Å². The van der Waals surface area contributed by atoms with E-state index in [1.54, 1.807) is 6.20 Å². The lowest BCUT2D eigenvalue weighted by atomic mass is 10.0. The fraction of sp³-hybridized carbons (Fsp3) is 0.500. The number of carbonyl (C=O) groups excluding carboxylic acids is 1. The van der Waals surface area contributed by atoms with Crippen molar-refractivity contribution in [1.29, 1.82) is 0 Å². The van der Waals surface area contributed by atoms with Crippen LogP contribution in [0.5, 0.6) is 0 Å². The van der Waals surface area contributed by atoms with E-state index in [-0.39, 0.29) is 22.9 Å². The van der Waals surface area contributed by atoms with Gasteiger partial charge in [0, 0.05) is 44.1 Å². The van der Waals surface area contributed by atoms with Gasteiger partial charge in [0.25, 0.3) is 5.91 Å². The van der Waals surface area contributed by atoms with Crippen molar-refractivity contribution in [1.82, 2.24) is 15.2 Å². The Bertz CT molecular complexity index is 497. The molecule has 17 heavy (non-hydrogen) atoms. The topological polar surface area (TPSA) is 65.2 Å². The van der Waals surface area contributed by atoms with Crippen molar-refractivity contribution in [2.24, 2.45) is 5.92 Å². The van der Waals surface area contributed by atoms with Crippen LogP contribution < -0.4 is 10.7 Å². The smallest absolute Gasteiger partial charge is 0.259 e. The van der Waals surface area contributed by atoms with Crippen LogP contribution in [-0.4, -0.2) is 41.5 Å². The summed E-state index contributed by atoms with van der Waals surface area (Å²) in [5.74, 6) is 0.421. The molecule has 0 aromatic carbocycles. The summed E-state index contributed by atoms with van der Waals surface area (Å²) < 4.78 is 0. The van der Waals surface area contributed by atoms with E-state index in [0.29, 0.717) is 5.92 Å². The second-order valence-corrected chi connectivity index (χ2v) is 4.70. The molecule has 2 atom stereocenters. The molecule has 0 saturated carbocycles. The third-order valence-electron chi connectivity index (χ3n) is 3.76. The minimum absolute atomic E-state index is 0.136. The number of carbonyl (C=O) groups is 1. The van der Waals surface area contributed by atoms with Crippen LogP contribution in [0.15, 0.2) is 23.3 Å². The molecule has 2 N–H and O–H groups in total. The summed E-state index contributed by atoms with van der Waals surface area (Å²) in [7, 11) is 0. The number of likely N-dealkylation sites (tertiary alicyclic amines) is 1. The first-order valence-electron chi connectivity index (χ1n) is 5.96. The lowest BCUT2D eigenvalue weighted by molar-refractivity contribution is 0.0735. The second kappa shape index (κ2) is 4.00. The number of aromatic nitrogens is 1. The van der Waals surface area contributed by atoms with E-state index in [4.69, 9.17) is 0 Å². The Morgan fingerprint density at radius 1 is 1.41 bits per heavy atom. The number of nitrogens with zero attached hydrogens (tertiary/aromatic N) is 1. The van der Waals surface area contributed by atoms with Gasteiger partial charge >= 0.3 is 0 Å². The summed E-state index contributed by atoms with van der Waals surface area (Å²) in [5.41, 5.74) is 0.0446. The quantitative estimate of drug-likeness (QED) is 0.706. The number of hydrogen-bond acceptors (Lipinski definition) is 3. The van der Waals surface area contributed by atoms with Crippen LogP contribution in [0.2, 0.25) is 0 Å². The molecule has 2 aliphatic rings. The summed E-state index contributed by atoms with van der Waals surface area (Å²) in [6.45, 7) is 2.60. The van der Waals surface area contributed by atoms with Crippen molar-refractivity contribution in [2.45, 2.75) is 12.5 Å². The van der Waals surface area contributed by atoms with Crippen molar-refractivity contribution in [3.05, 3.63) is 34.2 Å². The van der Waals surface area contributed by atoms with Crippen LogP contribution in [0.3, 0.4) is 0 Å². The van der Waals surface area contributed by atoms with Gasteiger partial charge in [0.15, 0.2) is 5.43 Å². The maximum absolute atomic E-state index is 12.3. The largest absolute Gasteiger partial charge is 0.367 e. The molecule has 1 aromatic rings. The molecule has 1 aromatic heterocycles. The van der Waals surface area contributed by atoms with E-state index in [0.717, 1.165) is 26.1 Å². The Labute approximate surface area is 98.8 Å². The van der Waals surface area contributed by atoms with Crippen LogP contribution >= 0.6 is 0 Å². The van der Waals surface area contributed by atoms with Gasteiger partial charge in [0.2, 0.25) is 0 Å². The van der Waals surface area contributed by atoms with E-state index in [2.05, 4.69) is 10.3 Å². The first-order valence-corrected chi connectivity index (χ1v) is 5.96. The summed E-state index contributed by atoms with van der Waals surface area (Å²) in [6, 6.07) is 1.66. The molecular formula is C12H15N3O2. The highest BCUT2D eigenvalue weighted by atomic mass is 16.2. The van der Waals surface area contributed by atoms with Crippen molar-refractivity contribution in [3.8, 4) is 0 Å². The van der Waals surface area contributed by atoms with Gasteiger partial charge in [-0.15, -0.1) is 0 Å². The van der Waals surface area contributed by atoms with Gasteiger partial charge in [-0.2, -0.15) is 0 Å². The highest BCUT2D eigenvalue weighted by Crippen LogP contribution is 2.27. The molecule has 0 unspecified atom stereocenters. The van der Waals surface area contributed by atoms with Gasteiger partial charge in [-0.25, -0.2) is 0 Å². The van der Waals surface area contributed by atoms with Crippen molar-refractivity contribution in [3.63, 3.8) is 0 Å². The van der Waals surface area contributed by atoms with Crippen LogP contribution in [0, 0.1) is 5.92 Å². The van der Waals surface area contributed by atoms with Gasteiger partial charge in [-0.1, -0.05) is 0 Å². The Morgan fingerprint density at radius 3 is 3.12 bits per heavy atom. The maximum atomic E-state index is 12.3. The normalized spacial score (nSPS) is 27.2. The zero-order chi connectivity index (χ0) is 11.8. The Morgan fingerprint density at radius 2 is 2.29 bits per heavy atom. The zero-order valence-corrected chi connectivity index (χ0v) is 9.48. The molecular weight excluding hydrogens is 218 g/mol. The van der Waals surface area contributed by atoms with E-state index >= 15 is 0 Å². The van der Waals surface area contributed by atoms with Crippen LogP contribution in [0.25, 0.3) is 0 Å². The number of aromatic amines is 1. The number of pyridine rings is 1. The fourth-order valence-corrected chi connectivity index (χ4v) is 2.84. The fourth-order valence-electron chi connectivity index (χ4n) is 2.84. The van der Waals surface area contributed by atoms with E-state index in [1.165, 1.54) is 12.3 Å². The molecule has 0 radical (unpaired) electrons. The highest BCUT2D eigenvalue weighted by molar-refractivity contribution is 5.94. The van der Waals surface area contributed by atoms with Crippen LogP contribution in [0.1, 0.15) is 16.8 Å². The molecule has 3 heterocycles. The third kappa shape index (κ3) is 1.67. The molecule has 1 amide bonds. The van der Waals surface area contributed by atoms with Crippen molar-refractivity contribution in [2.75, 3.05) is 19.6 Å². The molecule has 0 aliphatic carbocycles. The average Bonchev–Trinajstić information content (AvgIpc) is 2.90. The van der Waals surface area contributed by atoms with Crippen LogP contribution in [-0.2, 0) is 0 Å². The molecule has 3 rings (SSSR count). The lowest BCUT2D eigenvalue weighted by Gasteiger charge is -2.22. The van der Waals surface area contributed by atoms with Gasteiger partial charge in [0.05, 0.1) is 0 Å². The van der Waals surface area contributed by atoms with Crippen molar-refractivity contribution >= 4 is 5.91 Å². The molecule has 90 valence electrons. The molecule has 2 saturated heterocycles. The predicted molar refractivity (Wildman–Crippen MR) is 62.9 cm³/mol. The van der Waals surface area contributed by atoms with Gasteiger partial charge in [-0.05, 0) is 12.3 Å². The van der Waals surface area contributed by atoms with Crippen molar-refractivity contribution < 1.29 is 4.79 Å². The Hall–Kier alpha value is -1.62. The monoisotopic (exact) mass is 233 g/mol. The predicted octanol–water partition coefficient (Wildman–Crippen LogP) is -0.191. The minimum atomic E-state index is -0.205. The number of nitrogens with one attached hydrogen (secondary N) is 2. The Balaban J connectivity index is 1.88. The summed E-state index contributed by atoms with van der Waals surface area (Å²) in [6.07, 6.45) is 4.08. The number of hydrogen-bond donors (Lipinski definition) is 2. The zero-order valence-electron chi connectivity index (χ0n) is 9.48. The SMILES string of the molecule is O=C(c1c[nH]ccc1=O)N1CC[C@H]2CNC[C@H]21. The van der Waals surface area contributed by atoms with Crippen LogP contribution in [0.4, 0.5) is 0 Å².